The van der Waals surface area contributed by atoms with Crippen LogP contribution in [-0.4, -0.2) is 54.4 Å². The van der Waals surface area contributed by atoms with E-state index in [0.29, 0.717) is 30.3 Å². The predicted molar refractivity (Wildman–Crippen MR) is 78.5 cm³/mol. The van der Waals surface area contributed by atoms with E-state index in [4.69, 9.17) is 14.6 Å². The average molecular weight is 359 g/mol. The Morgan fingerprint density at radius 2 is 1.88 bits per heavy atom. The van der Waals surface area contributed by atoms with Gasteiger partial charge in [0.1, 0.15) is 13.2 Å². The number of amides is 1. The van der Waals surface area contributed by atoms with Crippen LogP contribution in [0.4, 0.5) is 13.2 Å². The molecule has 0 spiro atoms. The van der Waals surface area contributed by atoms with Gasteiger partial charge >= 0.3 is 12.1 Å². The number of carboxylic acid groups (broad SMARTS) is 1. The van der Waals surface area contributed by atoms with Gasteiger partial charge in [-0.3, -0.25) is 9.59 Å². The van der Waals surface area contributed by atoms with Crippen molar-refractivity contribution in [3.05, 3.63) is 23.8 Å². The molecule has 1 saturated heterocycles. The minimum Gasteiger partial charge on any atom is -0.486 e. The summed E-state index contributed by atoms with van der Waals surface area (Å²) < 4.78 is 50.3. The third kappa shape index (κ3) is 3.10. The second-order valence-corrected chi connectivity index (χ2v) is 6.11. The number of ether oxygens (including phenoxy) is 2. The molecule has 1 aromatic rings. The first-order chi connectivity index (χ1) is 11.7. The van der Waals surface area contributed by atoms with E-state index in [1.165, 1.54) is 0 Å². The Labute approximate surface area is 141 Å². The summed E-state index contributed by atoms with van der Waals surface area (Å²) in [6.07, 6.45) is -5.69. The molecule has 2 aliphatic heterocycles. The van der Waals surface area contributed by atoms with Crippen molar-refractivity contribution in [3.63, 3.8) is 0 Å². The molecule has 25 heavy (non-hydrogen) atoms. The van der Waals surface area contributed by atoms with Crippen molar-refractivity contribution >= 4 is 11.9 Å². The molecule has 0 aliphatic carbocycles. The summed E-state index contributed by atoms with van der Waals surface area (Å²) in [6.45, 7) is -0.304. The highest BCUT2D eigenvalue weighted by atomic mass is 19.4. The van der Waals surface area contributed by atoms with Crippen LogP contribution in [0.5, 0.6) is 11.5 Å². The van der Waals surface area contributed by atoms with Crippen LogP contribution >= 0.6 is 0 Å². The number of benzene rings is 1. The molecule has 2 aliphatic rings. The summed E-state index contributed by atoms with van der Waals surface area (Å²) in [6, 6.07) is 4.88. The predicted octanol–water partition coefficient (Wildman–Crippen LogP) is 1.87. The number of nitrogens with zero attached hydrogens (tertiary/aromatic N) is 1. The Kier molecular flexibility index (Phi) is 4.26. The second-order valence-electron chi connectivity index (χ2n) is 6.11. The molecule has 0 radical (unpaired) electrons. The average Bonchev–Trinajstić information content (AvgIpc) is 3.01. The summed E-state index contributed by atoms with van der Waals surface area (Å²) in [4.78, 5) is 24.4. The van der Waals surface area contributed by atoms with E-state index in [2.05, 4.69) is 0 Å². The molecule has 1 fully saturated rings. The van der Waals surface area contributed by atoms with Crippen molar-refractivity contribution in [1.29, 1.82) is 0 Å². The fraction of sp³-hybridized carbons (Fsp3) is 0.500. The first kappa shape index (κ1) is 17.4. The van der Waals surface area contributed by atoms with Gasteiger partial charge in [0.05, 0.1) is 6.42 Å². The Morgan fingerprint density at radius 3 is 2.48 bits per heavy atom. The van der Waals surface area contributed by atoms with Gasteiger partial charge in [-0.15, -0.1) is 0 Å². The van der Waals surface area contributed by atoms with Gasteiger partial charge in [-0.05, 0) is 24.1 Å². The molecule has 1 amide bonds. The Hall–Kier alpha value is -2.45. The molecule has 0 bridgehead atoms. The van der Waals surface area contributed by atoms with E-state index in [0.717, 1.165) is 4.90 Å². The van der Waals surface area contributed by atoms with E-state index in [9.17, 15) is 22.8 Å². The van der Waals surface area contributed by atoms with Crippen LogP contribution in [0.1, 0.15) is 12.0 Å². The monoisotopic (exact) mass is 359 g/mol. The molecule has 1 aromatic carbocycles. The number of carboxylic acids is 1. The van der Waals surface area contributed by atoms with Gasteiger partial charge in [0.15, 0.2) is 16.9 Å². The number of carbonyl (C=O) groups is 2. The van der Waals surface area contributed by atoms with E-state index in [1.54, 1.807) is 18.2 Å². The fourth-order valence-electron chi connectivity index (χ4n) is 3.03. The lowest BCUT2D eigenvalue weighted by Gasteiger charge is -2.27. The first-order valence-electron chi connectivity index (χ1n) is 7.69. The number of likely N-dealkylation sites (tertiary alicyclic amines) is 1. The molecular weight excluding hydrogens is 343 g/mol. The number of carbonyl (C=O) groups excluding carboxylic acids is 1. The van der Waals surface area contributed by atoms with E-state index in [-0.39, 0.29) is 13.0 Å². The van der Waals surface area contributed by atoms with Gasteiger partial charge in [-0.1, -0.05) is 6.07 Å². The van der Waals surface area contributed by atoms with Crippen molar-refractivity contribution in [2.45, 2.75) is 19.0 Å². The number of alkyl halides is 3. The quantitative estimate of drug-likeness (QED) is 0.892. The highest BCUT2D eigenvalue weighted by Crippen LogP contribution is 2.45. The van der Waals surface area contributed by atoms with E-state index in [1.807, 2.05) is 0 Å². The van der Waals surface area contributed by atoms with Gasteiger partial charge in [0, 0.05) is 13.1 Å². The normalized spacial score (nSPS) is 22.8. The van der Waals surface area contributed by atoms with Crippen LogP contribution in [0.15, 0.2) is 18.2 Å². The number of rotatable bonds is 3. The molecule has 1 atom stereocenters. The van der Waals surface area contributed by atoms with E-state index >= 15 is 0 Å². The molecule has 9 heteroatoms. The molecule has 0 saturated carbocycles. The standard InChI is InChI=1S/C16H16F3NO5/c17-16(18,19)15(14(22)23)3-4-20(9-15)13(21)8-10-1-2-11-12(7-10)25-6-5-24-11/h1-2,7H,3-6,8-9H2,(H,22,23). The Morgan fingerprint density at radius 1 is 1.20 bits per heavy atom. The summed E-state index contributed by atoms with van der Waals surface area (Å²) in [7, 11) is 0. The maximum absolute atomic E-state index is 13.2. The second kappa shape index (κ2) is 6.12. The van der Waals surface area contributed by atoms with Crippen LogP contribution in [0, 0.1) is 5.41 Å². The third-order valence-corrected chi connectivity index (χ3v) is 4.54. The molecule has 3 rings (SSSR count). The maximum Gasteiger partial charge on any atom is 0.406 e. The summed E-state index contributed by atoms with van der Waals surface area (Å²) in [5, 5.41) is 9.03. The smallest absolute Gasteiger partial charge is 0.406 e. The molecule has 0 aromatic heterocycles. The number of halogens is 3. The zero-order chi connectivity index (χ0) is 18.2. The molecule has 6 nitrogen and oxygen atoms in total. The molecular formula is C16H16F3NO5. The largest absolute Gasteiger partial charge is 0.486 e. The number of fused-ring (bicyclic) bond motifs is 1. The SMILES string of the molecule is O=C(Cc1ccc2c(c1)OCCO2)N1CCC(C(=O)O)(C(F)(F)F)C1. The van der Waals surface area contributed by atoms with E-state index < -0.39 is 36.4 Å². The minimum atomic E-state index is -4.91. The van der Waals surface area contributed by atoms with Gasteiger partial charge < -0.3 is 19.5 Å². The zero-order valence-electron chi connectivity index (χ0n) is 13.1. The van der Waals surface area contributed by atoms with Crippen LogP contribution in [-0.2, 0) is 16.0 Å². The van der Waals surface area contributed by atoms with Crippen LogP contribution in [0.25, 0.3) is 0 Å². The van der Waals surface area contributed by atoms with Gasteiger partial charge in [-0.2, -0.15) is 13.2 Å². The number of hydrogen-bond donors (Lipinski definition) is 1. The molecule has 1 N–H and O–H groups in total. The van der Waals surface area contributed by atoms with Crippen molar-refractivity contribution in [3.8, 4) is 11.5 Å². The van der Waals surface area contributed by atoms with Crippen molar-refractivity contribution in [1.82, 2.24) is 4.90 Å². The lowest BCUT2D eigenvalue weighted by Crippen LogP contribution is -2.47. The van der Waals surface area contributed by atoms with Gasteiger partial charge in [-0.25, -0.2) is 0 Å². The lowest BCUT2D eigenvalue weighted by atomic mass is 9.86. The minimum absolute atomic E-state index is 0.135. The Bertz CT molecular complexity index is 706. The Balaban J connectivity index is 1.71. The molecule has 1 unspecified atom stereocenters. The molecule has 136 valence electrons. The van der Waals surface area contributed by atoms with Gasteiger partial charge in [0.2, 0.25) is 5.91 Å². The number of hydrogen-bond acceptors (Lipinski definition) is 4. The topological polar surface area (TPSA) is 76.1 Å². The highest BCUT2D eigenvalue weighted by molar-refractivity contribution is 5.82. The van der Waals surface area contributed by atoms with Gasteiger partial charge in [0.25, 0.3) is 0 Å². The molecule has 2 heterocycles. The van der Waals surface area contributed by atoms with Crippen LogP contribution in [0.3, 0.4) is 0 Å². The third-order valence-electron chi connectivity index (χ3n) is 4.54. The summed E-state index contributed by atoms with van der Waals surface area (Å²) >= 11 is 0. The summed E-state index contributed by atoms with van der Waals surface area (Å²) in [5.41, 5.74) is -2.33. The zero-order valence-corrected chi connectivity index (χ0v) is 13.1. The van der Waals surface area contributed by atoms with Crippen molar-refractivity contribution in [2.75, 3.05) is 26.3 Å². The number of aliphatic carboxylic acids is 1. The van der Waals surface area contributed by atoms with Crippen LogP contribution < -0.4 is 9.47 Å². The van der Waals surface area contributed by atoms with Crippen molar-refractivity contribution in [2.24, 2.45) is 5.41 Å². The van der Waals surface area contributed by atoms with Crippen LogP contribution in [0.2, 0.25) is 0 Å². The highest BCUT2D eigenvalue weighted by Gasteiger charge is 2.64. The maximum atomic E-state index is 13.2. The van der Waals surface area contributed by atoms with Crippen molar-refractivity contribution < 1.29 is 37.3 Å². The fourth-order valence-corrected chi connectivity index (χ4v) is 3.03. The first-order valence-corrected chi connectivity index (χ1v) is 7.69. The lowest BCUT2D eigenvalue weighted by molar-refractivity contribution is -0.227. The summed E-state index contributed by atoms with van der Waals surface area (Å²) in [5.74, 6) is -1.47.